The smallest absolute Gasteiger partial charge is 0.274 e. The Morgan fingerprint density at radius 1 is 1.32 bits per heavy atom. The molecule has 8 nitrogen and oxygen atoms in total. The van der Waals surface area contributed by atoms with Gasteiger partial charge in [-0.1, -0.05) is 11.6 Å². The van der Waals surface area contributed by atoms with Crippen LogP contribution in [0.5, 0.6) is 0 Å². The number of pyridine rings is 1. The molecule has 1 fully saturated rings. The zero-order valence-corrected chi connectivity index (χ0v) is 18.1. The van der Waals surface area contributed by atoms with Crippen LogP contribution in [0.25, 0.3) is 11.1 Å². The van der Waals surface area contributed by atoms with Gasteiger partial charge in [-0.15, -0.1) is 0 Å². The van der Waals surface area contributed by atoms with Crippen molar-refractivity contribution in [1.29, 1.82) is 5.41 Å². The second-order valence-corrected chi connectivity index (χ2v) is 8.09. The molecule has 1 aromatic carbocycles. The average Bonchev–Trinajstić information content (AvgIpc) is 3.18. The van der Waals surface area contributed by atoms with Crippen molar-refractivity contribution in [3.63, 3.8) is 0 Å². The second-order valence-electron chi connectivity index (χ2n) is 7.65. The number of amides is 1. The summed E-state index contributed by atoms with van der Waals surface area (Å²) in [6.07, 6.45) is 4.06. The number of likely N-dealkylation sites (tertiary alicyclic amines) is 1. The number of hydrogen-bond donors (Lipinski definition) is 2. The number of aryl methyl sites for hydroxylation is 1. The summed E-state index contributed by atoms with van der Waals surface area (Å²) in [6, 6.07) is 9.01. The zero-order valence-electron chi connectivity index (χ0n) is 17.3. The Hall–Kier alpha value is -3.26. The third kappa shape index (κ3) is 4.44. The van der Waals surface area contributed by atoms with E-state index in [9.17, 15) is 4.79 Å². The first-order valence-electron chi connectivity index (χ1n) is 10.1. The van der Waals surface area contributed by atoms with Gasteiger partial charge in [-0.2, -0.15) is 5.10 Å². The highest BCUT2D eigenvalue weighted by Crippen LogP contribution is 2.33. The number of nitrogens with one attached hydrogen (secondary N) is 2. The summed E-state index contributed by atoms with van der Waals surface area (Å²) in [6.45, 7) is 4.36. The molecule has 1 saturated heterocycles. The number of nitrogens with zero attached hydrogens (tertiary/aromatic N) is 4. The molecule has 160 valence electrons. The number of fused-ring (bicyclic) bond motifs is 1. The first-order valence-corrected chi connectivity index (χ1v) is 10.5. The van der Waals surface area contributed by atoms with Gasteiger partial charge in [0, 0.05) is 29.5 Å². The molecule has 9 heteroatoms. The van der Waals surface area contributed by atoms with Gasteiger partial charge in [0.1, 0.15) is 5.52 Å². The number of anilines is 1. The van der Waals surface area contributed by atoms with E-state index in [1.807, 2.05) is 30.9 Å². The minimum Gasteiger partial charge on any atom is -0.440 e. The number of halogens is 1. The Labute approximate surface area is 184 Å². The number of carbonyl (C=O) groups is 1. The highest BCUT2D eigenvalue weighted by molar-refractivity contribution is 6.31. The fourth-order valence-corrected chi connectivity index (χ4v) is 3.94. The van der Waals surface area contributed by atoms with E-state index >= 15 is 0 Å². The van der Waals surface area contributed by atoms with Crippen LogP contribution in [0.1, 0.15) is 47.8 Å². The monoisotopic (exact) mass is 438 g/mol. The van der Waals surface area contributed by atoms with Crippen LogP contribution in [0.15, 0.2) is 39.9 Å². The van der Waals surface area contributed by atoms with E-state index in [1.54, 1.807) is 18.2 Å². The molecule has 2 atom stereocenters. The molecule has 3 aromatic rings. The van der Waals surface area contributed by atoms with E-state index < -0.39 is 0 Å². The molecular formula is C22H23ClN6O2. The van der Waals surface area contributed by atoms with Crippen molar-refractivity contribution in [3.8, 4) is 0 Å². The highest BCUT2D eigenvalue weighted by atomic mass is 35.5. The van der Waals surface area contributed by atoms with Crippen molar-refractivity contribution < 1.29 is 9.21 Å². The predicted octanol–water partition coefficient (Wildman–Crippen LogP) is 4.64. The maximum atomic E-state index is 13.5. The lowest BCUT2D eigenvalue weighted by Crippen LogP contribution is -2.45. The summed E-state index contributed by atoms with van der Waals surface area (Å²) >= 11 is 6.07. The molecule has 3 heterocycles. The predicted molar refractivity (Wildman–Crippen MR) is 121 cm³/mol. The normalized spacial score (nSPS) is 19.1. The molecule has 1 amide bonds. The van der Waals surface area contributed by atoms with Crippen molar-refractivity contribution in [3.05, 3.63) is 52.6 Å². The minimum absolute atomic E-state index is 0.0107. The number of carbonyl (C=O) groups excluding carboxylic acids is 1. The Balaban J connectivity index is 1.61. The quantitative estimate of drug-likeness (QED) is 0.445. The van der Waals surface area contributed by atoms with Crippen LogP contribution in [0.3, 0.4) is 0 Å². The summed E-state index contributed by atoms with van der Waals surface area (Å²) in [7, 11) is 0. The topological polar surface area (TPSA) is 107 Å². The van der Waals surface area contributed by atoms with Crippen molar-refractivity contribution in [1.82, 2.24) is 14.9 Å². The van der Waals surface area contributed by atoms with Gasteiger partial charge in [-0.25, -0.2) is 9.97 Å². The Morgan fingerprint density at radius 3 is 2.97 bits per heavy atom. The molecule has 1 aliphatic heterocycles. The van der Waals surface area contributed by atoms with Crippen molar-refractivity contribution >= 4 is 46.7 Å². The summed E-state index contributed by atoms with van der Waals surface area (Å²) in [4.78, 5) is 24.4. The zero-order chi connectivity index (χ0) is 22.0. The average molecular weight is 439 g/mol. The summed E-state index contributed by atoms with van der Waals surface area (Å²) in [5.41, 5.74) is 5.75. The standard InChI is InChI=1S/C22H23ClN6O2/c1-13-3-7-17(28-25-10-9-24)20(26-13)22(30)29-12-15(5-4-14(29)2)21-27-18-11-16(23)6-8-19(18)31-21/h3,6-11,14-15,24,28H,4-5,12H2,1-2H3/b24-9?,25-10-/t14-,15?/m1/s1. The Kier molecular flexibility index (Phi) is 5.99. The molecule has 2 N–H and O–H groups in total. The van der Waals surface area contributed by atoms with E-state index in [2.05, 4.69) is 20.5 Å². The van der Waals surface area contributed by atoms with E-state index in [1.165, 1.54) is 6.21 Å². The number of hydrazone groups is 1. The molecule has 1 aliphatic rings. The van der Waals surface area contributed by atoms with E-state index in [4.69, 9.17) is 21.4 Å². The first kappa shape index (κ1) is 21.0. The van der Waals surface area contributed by atoms with Crippen LogP contribution in [0.2, 0.25) is 5.02 Å². The summed E-state index contributed by atoms with van der Waals surface area (Å²) in [5, 5.41) is 11.6. The fourth-order valence-electron chi connectivity index (χ4n) is 3.77. The van der Waals surface area contributed by atoms with Crippen LogP contribution < -0.4 is 5.43 Å². The molecule has 2 aromatic heterocycles. The molecule has 1 unspecified atom stereocenters. The third-order valence-corrected chi connectivity index (χ3v) is 5.66. The van der Waals surface area contributed by atoms with Gasteiger partial charge < -0.3 is 14.7 Å². The molecule has 4 rings (SSSR count). The fraction of sp³-hybridized carbons (Fsp3) is 0.318. The molecular weight excluding hydrogens is 416 g/mol. The van der Waals surface area contributed by atoms with Gasteiger partial charge in [-0.05, 0) is 57.0 Å². The van der Waals surface area contributed by atoms with Crippen LogP contribution in [-0.2, 0) is 0 Å². The van der Waals surface area contributed by atoms with Gasteiger partial charge >= 0.3 is 0 Å². The third-order valence-electron chi connectivity index (χ3n) is 5.43. The number of rotatable bonds is 5. The number of hydrogen-bond acceptors (Lipinski definition) is 7. The van der Waals surface area contributed by atoms with Gasteiger partial charge in [0.2, 0.25) is 0 Å². The van der Waals surface area contributed by atoms with Crippen LogP contribution in [0.4, 0.5) is 5.69 Å². The maximum Gasteiger partial charge on any atom is 0.274 e. The molecule has 0 spiro atoms. The number of aromatic nitrogens is 2. The minimum atomic E-state index is -0.174. The highest BCUT2D eigenvalue weighted by Gasteiger charge is 2.34. The Bertz CT molecular complexity index is 1160. The second kappa shape index (κ2) is 8.85. The number of oxazole rings is 1. The van der Waals surface area contributed by atoms with Crippen LogP contribution in [0, 0.1) is 12.3 Å². The lowest BCUT2D eigenvalue weighted by molar-refractivity contribution is 0.0592. The van der Waals surface area contributed by atoms with Crippen LogP contribution >= 0.6 is 11.6 Å². The molecule has 31 heavy (non-hydrogen) atoms. The molecule has 0 saturated carbocycles. The maximum absolute atomic E-state index is 13.5. The largest absolute Gasteiger partial charge is 0.440 e. The van der Waals surface area contributed by atoms with E-state index in [0.29, 0.717) is 34.4 Å². The Morgan fingerprint density at radius 2 is 2.16 bits per heavy atom. The summed E-state index contributed by atoms with van der Waals surface area (Å²) in [5.74, 6) is 0.434. The van der Waals surface area contributed by atoms with E-state index in [0.717, 1.165) is 30.3 Å². The van der Waals surface area contributed by atoms with Crippen LogP contribution in [-0.4, -0.2) is 45.8 Å². The molecule has 0 aliphatic carbocycles. The van der Waals surface area contributed by atoms with Crippen molar-refractivity contribution in [2.75, 3.05) is 12.0 Å². The van der Waals surface area contributed by atoms with Crippen molar-refractivity contribution in [2.24, 2.45) is 5.10 Å². The SMILES string of the molecule is Cc1ccc(N/N=C\C=N)c(C(=O)N2CC(c3nc4cc(Cl)ccc4o3)CC[C@H]2C)n1. The lowest BCUT2D eigenvalue weighted by atomic mass is 9.93. The van der Waals surface area contributed by atoms with Gasteiger partial charge in [-0.3, -0.25) is 10.2 Å². The summed E-state index contributed by atoms with van der Waals surface area (Å²) < 4.78 is 5.96. The van der Waals surface area contributed by atoms with Gasteiger partial charge in [0.05, 0.1) is 17.8 Å². The van der Waals surface area contributed by atoms with Gasteiger partial charge in [0.15, 0.2) is 17.2 Å². The van der Waals surface area contributed by atoms with E-state index in [-0.39, 0.29) is 17.9 Å². The molecule has 0 bridgehead atoms. The molecule has 0 radical (unpaired) electrons. The number of benzene rings is 1. The van der Waals surface area contributed by atoms with Crippen molar-refractivity contribution in [2.45, 2.75) is 38.6 Å². The first-order chi connectivity index (χ1) is 15.0. The lowest BCUT2D eigenvalue weighted by Gasteiger charge is -2.37. The number of piperidine rings is 1. The van der Waals surface area contributed by atoms with Gasteiger partial charge in [0.25, 0.3) is 5.91 Å².